The van der Waals surface area contributed by atoms with E-state index < -0.39 is 10.8 Å². The molecule has 0 aromatic heterocycles. The molecule has 1 N–H and O–H groups in total. The minimum absolute atomic E-state index is 0.176. The number of methoxy groups -OCH3 is 1. The van der Waals surface area contributed by atoms with Crippen molar-refractivity contribution < 1.29 is 8.95 Å². The van der Waals surface area contributed by atoms with Gasteiger partial charge in [0, 0.05) is 35.5 Å². The van der Waals surface area contributed by atoms with Crippen LogP contribution in [0.5, 0.6) is 0 Å². The summed E-state index contributed by atoms with van der Waals surface area (Å²) in [5, 5.41) is 3.28. The summed E-state index contributed by atoms with van der Waals surface area (Å²) in [6, 6.07) is 10.1. The molecule has 3 nitrogen and oxygen atoms in total. The lowest BCUT2D eigenvalue weighted by Crippen LogP contribution is -2.37. The molecule has 96 valence electrons. The predicted octanol–water partition coefficient (Wildman–Crippen LogP) is 1.56. The summed E-state index contributed by atoms with van der Waals surface area (Å²) in [6.07, 6.45) is 0. The molecule has 1 rings (SSSR count). The summed E-state index contributed by atoms with van der Waals surface area (Å²) in [6.45, 7) is 3.52. The van der Waals surface area contributed by atoms with Gasteiger partial charge in [-0.25, -0.2) is 0 Å². The molecule has 0 spiro atoms. The molecule has 0 amide bonds. The molecule has 0 saturated heterocycles. The lowest BCUT2D eigenvalue weighted by atomic mass is 10.2. The van der Waals surface area contributed by atoms with Crippen LogP contribution in [0.1, 0.15) is 12.5 Å². The van der Waals surface area contributed by atoms with Gasteiger partial charge in [0.15, 0.2) is 0 Å². The van der Waals surface area contributed by atoms with Gasteiger partial charge in [-0.2, -0.15) is 0 Å². The first-order chi connectivity index (χ1) is 8.26. The smallest absolute Gasteiger partial charge is 0.0624 e. The van der Waals surface area contributed by atoms with E-state index >= 15 is 0 Å². The molecule has 0 heterocycles. The Kier molecular flexibility index (Phi) is 7.08. The molecular formula is C13H21NO2S. The Bertz CT molecular complexity index is 323. The summed E-state index contributed by atoms with van der Waals surface area (Å²) in [7, 11) is 0.825. The van der Waals surface area contributed by atoms with Gasteiger partial charge in [0.1, 0.15) is 0 Å². The molecule has 0 fully saturated rings. The van der Waals surface area contributed by atoms with Crippen molar-refractivity contribution in [3.63, 3.8) is 0 Å². The number of hydrogen-bond donors (Lipinski definition) is 1. The first-order valence-corrected chi connectivity index (χ1v) is 7.36. The fraction of sp³-hybridized carbons (Fsp3) is 0.538. The highest BCUT2D eigenvalue weighted by atomic mass is 32.2. The van der Waals surface area contributed by atoms with E-state index in [2.05, 4.69) is 5.32 Å². The standard InChI is InChI=1S/C13H21NO2S/c1-3-14-13(9-16-2)11-17(15)10-12-7-5-4-6-8-12/h4-8,13-14H,3,9-11H2,1-2H3. The third-order valence-corrected chi connectivity index (χ3v) is 3.85. The summed E-state index contributed by atoms with van der Waals surface area (Å²) in [5.74, 6) is 1.25. The Hall–Kier alpha value is -0.710. The van der Waals surface area contributed by atoms with Crippen LogP contribution < -0.4 is 5.32 Å². The van der Waals surface area contributed by atoms with Gasteiger partial charge >= 0.3 is 0 Å². The van der Waals surface area contributed by atoms with E-state index in [1.54, 1.807) is 7.11 Å². The van der Waals surface area contributed by atoms with Crippen LogP contribution in [0.2, 0.25) is 0 Å². The monoisotopic (exact) mass is 255 g/mol. The Morgan fingerprint density at radius 2 is 2.06 bits per heavy atom. The number of rotatable bonds is 8. The van der Waals surface area contributed by atoms with E-state index in [0.29, 0.717) is 18.1 Å². The van der Waals surface area contributed by atoms with Crippen LogP contribution in [0.15, 0.2) is 30.3 Å². The highest BCUT2D eigenvalue weighted by Crippen LogP contribution is 2.04. The van der Waals surface area contributed by atoms with Crippen molar-refractivity contribution in [3.05, 3.63) is 35.9 Å². The van der Waals surface area contributed by atoms with Crippen LogP contribution in [0.3, 0.4) is 0 Å². The second-order valence-corrected chi connectivity index (χ2v) is 5.45. The number of hydrogen-bond acceptors (Lipinski definition) is 3. The van der Waals surface area contributed by atoms with Gasteiger partial charge in [0.2, 0.25) is 0 Å². The highest BCUT2D eigenvalue weighted by molar-refractivity contribution is 7.84. The average Bonchev–Trinajstić information content (AvgIpc) is 2.30. The van der Waals surface area contributed by atoms with Gasteiger partial charge in [0.25, 0.3) is 0 Å². The van der Waals surface area contributed by atoms with Gasteiger partial charge in [0.05, 0.1) is 6.61 Å². The van der Waals surface area contributed by atoms with Gasteiger partial charge in [-0.3, -0.25) is 4.21 Å². The average molecular weight is 255 g/mol. The largest absolute Gasteiger partial charge is 0.383 e. The summed E-state index contributed by atoms with van der Waals surface area (Å²) < 4.78 is 17.1. The van der Waals surface area contributed by atoms with Crippen molar-refractivity contribution >= 4 is 10.8 Å². The topological polar surface area (TPSA) is 38.3 Å². The van der Waals surface area contributed by atoms with Crippen molar-refractivity contribution in [3.8, 4) is 0 Å². The third kappa shape index (κ3) is 5.96. The second kappa shape index (κ2) is 8.39. The molecule has 4 heteroatoms. The van der Waals surface area contributed by atoms with Crippen molar-refractivity contribution in [2.45, 2.75) is 18.7 Å². The second-order valence-electron chi connectivity index (χ2n) is 3.95. The van der Waals surface area contributed by atoms with Crippen LogP contribution in [-0.4, -0.2) is 36.3 Å². The normalized spacial score (nSPS) is 14.5. The summed E-state index contributed by atoms with van der Waals surface area (Å²) in [5.41, 5.74) is 1.12. The number of benzene rings is 1. The Labute approximate surface area is 106 Å². The van der Waals surface area contributed by atoms with E-state index in [-0.39, 0.29) is 6.04 Å². The lowest BCUT2D eigenvalue weighted by Gasteiger charge is -2.16. The Morgan fingerprint density at radius 3 is 2.65 bits per heavy atom. The van der Waals surface area contributed by atoms with Crippen LogP contribution >= 0.6 is 0 Å². The molecule has 0 bridgehead atoms. The molecule has 2 unspecified atom stereocenters. The van der Waals surface area contributed by atoms with E-state index in [4.69, 9.17) is 4.74 Å². The van der Waals surface area contributed by atoms with Gasteiger partial charge in [-0.15, -0.1) is 0 Å². The highest BCUT2D eigenvalue weighted by Gasteiger charge is 2.11. The van der Waals surface area contributed by atoms with Crippen molar-refractivity contribution in [1.82, 2.24) is 5.32 Å². The summed E-state index contributed by atoms with van der Waals surface area (Å²) in [4.78, 5) is 0. The number of nitrogens with one attached hydrogen (secondary N) is 1. The van der Waals surface area contributed by atoms with E-state index in [1.807, 2.05) is 37.3 Å². The molecule has 0 aliphatic rings. The van der Waals surface area contributed by atoms with Gasteiger partial charge in [-0.1, -0.05) is 37.3 Å². The zero-order valence-electron chi connectivity index (χ0n) is 10.5. The molecule has 1 aromatic rings. The van der Waals surface area contributed by atoms with Crippen molar-refractivity contribution in [1.29, 1.82) is 0 Å². The lowest BCUT2D eigenvalue weighted by molar-refractivity contribution is 0.174. The van der Waals surface area contributed by atoms with Crippen molar-refractivity contribution in [2.75, 3.05) is 26.0 Å². The quantitative estimate of drug-likeness (QED) is 0.766. The van der Waals surface area contributed by atoms with Crippen LogP contribution in [-0.2, 0) is 21.3 Å². The molecule has 0 aliphatic carbocycles. The molecule has 17 heavy (non-hydrogen) atoms. The maximum absolute atomic E-state index is 12.0. The van der Waals surface area contributed by atoms with Crippen LogP contribution in [0.25, 0.3) is 0 Å². The van der Waals surface area contributed by atoms with Gasteiger partial charge < -0.3 is 10.1 Å². The Balaban J connectivity index is 2.42. The molecule has 0 aliphatic heterocycles. The fourth-order valence-electron chi connectivity index (χ4n) is 1.70. The molecule has 0 saturated carbocycles. The minimum atomic E-state index is -0.847. The maximum Gasteiger partial charge on any atom is 0.0624 e. The SMILES string of the molecule is CCNC(COC)CS(=O)Cc1ccccc1. The number of likely N-dealkylation sites (N-methyl/N-ethyl adjacent to an activating group) is 1. The van der Waals surface area contributed by atoms with E-state index in [0.717, 1.165) is 12.1 Å². The Morgan fingerprint density at radius 1 is 1.35 bits per heavy atom. The predicted molar refractivity (Wildman–Crippen MR) is 72.5 cm³/mol. The van der Waals surface area contributed by atoms with Crippen molar-refractivity contribution in [2.24, 2.45) is 0 Å². The van der Waals surface area contributed by atoms with Crippen LogP contribution in [0.4, 0.5) is 0 Å². The minimum Gasteiger partial charge on any atom is -0.383 e. The molecule has 2 atom stereocenters. The molecule has 1 aromatic carbocycles. The summed E-state index contributed by atoms with van der Waals surface area (Å²) >= 11 is 0. The maximum atomic E-state index is 12.0. The zero-order valence-corrected chi connectivity index (χ0v) is 11.3. The number of ether oxygens (including phenoxy) is 1. The molecular weight excluding hydrogens is 234 g/mol. The first-order valence-electron chi connectivity index (χ1n) is 5.87. The zero-order chi connectivity index (χ0) is 12.5. The van der Waals surface area contributed by atoms with E-state index in [9.17, 15) is 4.21 Å². The fourth-order valence-corrected chi connectivity index (χ4v) is 3.04. The third-order valence-electron chi connectivity index (χ3n) is 2.42. The first kappa shape index (κ1) is 14.4. The molecule has 0 radical (unpaired) electrons. The van der Waals surface area contributed by atoms with E-state index in [1.165, 1.54) is 0 Å². The van der Waals surface area contributed by atoms with Crippen LogP contribution in [0, 0.1) is 0 Å². The van der Waals surface area contributed by atoms with Gasteiger partial charge in [-0.05, 0) is 12.1 Å².